The Labute approximate surface area is 160 Å². The van der Waals surface area contributed by atoms with Crippen LogP contribution in [0.3, 0.4) is 0 Å². The third-order valence-corrected chi connectivity index (χ3v) is 4.02. The molecular weight excluding hydrogens is 376 g/mol. The van der Waals surface area contributed by atoms with E-state index in [9.17, 15) is 28.8 Å². The van der Waals surface area contributed by atoms with Crippen LogP contribution in [0.2, 0.25) is 0 Å². The summed E-state index contributed by atoms with van der Waals surface area (Å²) in [5.41, 5.74) is 0. The SMILES string of the molecule is [CH]C(CCOCC(C)C(=O)ON1C(=O)CCC1=O)C(=O)ON1C(=O)CCC1=O. The average molecular weight is 396 g/mol. The molecule has 0 aromatic carbocycles. The molecule has 4 amide bonds. The Hall–Kier alpha value is -2.82. The minimum Gasteiger partial charge on any atom is -0.381 e. The molecule has 2 aliphatic rings. The van der Waals surface area contributed by atoms with Gasteiger partial charge in [-0.15, -0.1) is 10.1 Å². The Balaban J connectivity index is 1.65. The molecule has 0 spiro atoms. The van der Waals surface area contributed by atoms with Gasteiger partial charge in [0.05, 0.1) is 18.4 Å². The Bertz CT molecular complexity index is 600. The predicted molar refractivity (Wildman–Crippen MR) is 86.7 cm³/mol. The Morgan fingerprint density at radius 3 is 1.79 bits per heavy atom. The van der Waals surface area contributed by atoms with E-state index >= 15 is 0 Å². The van der Waals surface area contributed by atoms with Crippen LogP contribution in [-0.4, -0.2) is 58.9 Å². The van der Waals surface area contributed by atoms with Crippen molar-refractivity contribution in [1.82, 2.24) is 10.1 Å². The largest absolute Gasteiger partial charge is 0.381 e. The van der Waals surface area contributed by atoms with E-state index in [1.807, 2.05) is 0 Å². The van der Waals surface area contributed by atoms with Gasteiger partial charge in [0, 0.05) is 32.3 Å². The highest BCUT2D eigenvalue weighted by Crippen LogP contribution is 2.16. The molecule has 0 bridgehead atoms. The Morgan fingerprint density at radius 2 is 1.32 bits per heavy atom. The van der Waals surface area contributed by atoms with Crippen molar-refractivity contribution in [2.75, 3.05) is 13.2 Å². The van der Waals surface area contributed by atoms with Crippen LogP contribution >= 0.6 is 0 Å². The zero-order valence-electron chi connectivity index (χ0n) is 15.3. The number of hydrogen-bond acceptors (Lipinski definition) is 9. The summed E-state index contributed by atoms with van der Waals surface area (Å²) < 4.78 is 5.24. The lowest BCUT2D eigenvalue weighted by Crippen LogP contribution is -2.35. The predicted octanol–water partition coefficient (Wildman–Crippen LogP) is -0.429. The summed E-state index contributed by atoms with van der Waals surface area (Å²) in [6.07, 6.45) is -0.0285. The molecule has 2 unspecified atom stereocenters. The number of amides is 4. The second-order valence-corrected chi connectivity index (χ2v) is 6.36. The molecule has 11 nitrogen and oxygen atoms in total. The Morgan fingerprint density at radius 1 is 0.893 bits per heavy atom. The van der Waals surface area contributed by atoms with Crippen LogP contribution in [-0.2, 0) is 43.2 Å². The maximum Gasteiger partial charge on any atom is 0.338 e. The summed E-state index contributed by atoms with van der Waals surface area (Å²) >= 11 is 0. The third-order valence-electron chi connectivity index (χ3n) is 4.02. The number of hydroxylamine groups is 4. The van der Waals surface area contributed by atoms with Crippen LogP contribution in [0, 0.1) is 18.8 Å². The van der Waals surface area contributed by atoms with E-state index in [-0.39, 0.29) is 45.3 Å². The van der Waals surface area contributed by atoms with Gasteiger partial charge in [-0.05, 0) is 20.3 Å². The first kappa shape index (κ1) is 21.5. The van der Waals surface area contributed by atoms with Gasteiger partial charge in [0.25, 0.3) is 23.6 Å². The van der Waals surface area contributed by atoms with Gasteiger partial charge in [0.15, 0.2) is 0 Å². The maximum absolute atomic E-state index is 11.9. The van der Waals surface area contributed by atoms with Crippen molar-refractivity contribution < 1.29 is 43.2 Å². The third kappa shape index (κ3) is 5.35. The first-order valence-corrected chi connectivity index (χ1v) is 8.69. The molecule has 11 heteroatoms. The minimum atomic E-state index is -1.14. The highest BCUT2D eigenvalue weighted by Gasteiger charge is 2.35. The van der Waals surface area contributed by atoms with E-state index < -0.39 is 47.4 Å². The number of rotatable bonds is 9. The van der Waals surface area contributed by atoms with Gasteiger partial charge < -0.3 is 14.4 Å². The molecule has 2 radical (unpaired) electrons. The number of hydrogen-bond donors (Lipinski definition) is 0. The fraction of sp³-hybridized carbons (Fsp3) is 0.588. The zero-order valence-corrected chi connectivity index (χ0v) is 15.3. The zero-order chi connectivity index (χ0) is 20.8. The molecule has 2 fully saturated rings. The molecule has 152 valence electrons. The normalized spacial score (nSPS) is 19.2. The van der Waals surface area contributed by atoms with Crippen LogP contribution in [0.25, 0.3) is 0 Å². The van der Waals surface area contributed by atoms with Crippen LogP contribution in [0.4, 0.5) is 0 Å². The maximum atomic E-state index is 11.9. The quantitative estimate of drug-likeness (QED) is 0.375. The molecule has 0 aromatic heterocycles. The number of nitrogens with zero attached hydrogens (tertiary/aromatic N) is 2. The molecule has 2 saturated heterocycles. The second-order valence-electron chi connectivity index (χ2n) is 6.36. The first-order valence-electron chi connectivity index (χ1n) is 8.69. The van der Waals surface area contributed by atoms with Gasteiger partial charge in [0.1, 0.15) is 0 Å². The van der Waals surface area contributed by atoms with Gasteiger partial charge >= 0.3 is 11.9 Å². The molecule has 0 aromatic rings. The van der Waals surface area contributed by atoms with Gasteiger partial charge in [0.2, 0.25) is 0 Å². The van der Waals surface area contributed by atoms with E-state index in [1.165, 1.54) is 6.92 Å². The van der Waals surface area contributed by atoms with Crippen LogP contribution < -0.4 is 0 Å². The van der Waals surface area contributed by atoms with Gasteiger partial charge in [-0.25, -0.2) is 9.59 Å². The summed E-state index contributed by atoms with van der Waals surface area (Å²) in [5.74, 6) is -6.04. The highest BCUT2D eigenvalue weighted by atomic mass is 16.7. The Kier molecular flexibility index (Phi) is 7.21. The lowest BCUT2D eigenvalue weighted by atomic mass is 10.1. The topological polar surface area (TPSA) is 137 Å². The number of ether oxygens (including phenoxy) is 1. The average Bonchev–Trinajstić information content (AvgIpc) is 3.14. The van der Waals surface area contributed by atoms with E-state index in [4.69, 9.17) is 16.5 Å². The highest BCUT2D eigenvalue weighted by molar-refractivity contribution is 6.02. The van der Waals surface area contributed by atoms with E-state index in [1.54, 1.807) is 0 Å². The minimum absolute atomic E-state index is 0.000392. The molecule has 0 N–H and O–H groups in total. The van der Waals surface area contributed by atoms with Crippen molar-refractivity contribution in [3.8, 4) is 0 Å². The summed E-state index contributed by atoms with van der Waals surface area (Å²) in [6, 6.07) is 0. The monoisotopic (exact) mass is 396 g/mol. The lowest BCUT2D eigenvalue weighted by Gasteiger charge is -2.17. The van der Waals surface area contributed by atoms with Gasteiger partial charge in [-0.2, -0.15) is 0 Å². The molecule has 2 atom stereocenters. The molecule has 2 heterocycles. The van der Waals surface area contributed by atoms with Crippen molar-refractivity contribution in [2.45, 2.75) is 39.0 Å². The van der Waals surface area contributed by atoms with Crippen molar-refractivity contribution in [2.24, 2.45) is 11.8 Å². The van der Waals surface area contributed by atoms with Crippen LogP contribution in [0.5, 0.6) is 0 Å². The summed E-state index contributed by atoms with van der Waals surface area (Å²) in [4.78, 5) is 78.6. The number of carbonyl (C=O) groups is 6. The van der Waals surface area contributed by atoms with E-state index in [0.717, 1.165) is 0 Å². The fourth-order valence-corrected chi connectivity index (χ4v) is 2.31. The number of carbonyl (C=O) groups excluding carboxylic acids is 6. The second kappa shape index (κ2) is 9.40. The first-order chi connectivity index (χ1) is 13.2. The smallest absolute Gasteiger partial charge is 0.338 e. The van der Waals surface area contributed by atoms with Crippen molar-refractivity contribution >= 4 is 35.6 Å². The molecule has 28 heavy (non-hydrogen) atoms. The lowest BCUT2D eigenvalue weighted by molar-refractivity contribution is -0.201. The van der Waals surface area contributed by atoms with Gasteiger partial charge in [-0.1, -0.05) is 0 Å². The fourth-order valence-electron chi connectivity index (χ4n) is 2.31. The molecule has 2 aliphatic heterocycles. The summed E-state index contributed by atoms with van der Waals surface area (Å²) in [6.45, 7) is 6.99. The van der Waals surface area contributed by atoms with Gasteiger partial charge in [-0.3, -0.25) is 19.2 Å². The standard InChI is InChI=1S/C17H20N2O9/c1-10(16(24)27-18-12(20)3-4-13(18)21)7-8-26-9-11(2)17(25)28-19-14(22)5-6-15(19)23/h1,10-11H,3-9H2,2H3. The molecular formula is C17H20N2O9. The van der Waals surface area contributed by atoms with Crippen molar-refractivity contribution in [3.63, 3.8) is 0 Å². The van der Waals surface area contributed by atoms with Crippen molar-refractivity contribution in [3.05, 3.63) is 6.92 Å². The van der Waals surface area contributed by atoms with Crippen LogP contribution in [0.1, 0.15) is 39.0 Å². The van der Waals surface area contributed by atoms with E-state index in [0.29, 0.717) is 10.1 Å². The summed E-state index contributed by atoms with van der Waals surface area (Å²) in [5, 5.41) is 0.855. The summed E-state index contributed by atoms with van der Waals surface area (Å²) in [7, 11) is 0. The molecule has 0 saturated carbocycles. The van der Waals surface area contributed by atoms with Crippen LogP contribution in [0.15, 0.2) is 0 Å². The van der Waals surface area contributed by atoms with Crippen molar-refractivity contribution in [1.29, 1.82) is 0 Å². The van der Waals surface area contributed by atoms with E-state index in [2.05, 4.69) is 4.84 Å². The number of imide groups is 2. The molecule has 0 aliphatic carbocycles. The molecule has 2 rings (SSSR count).